The molecule has 0 N–H and O–H groups in total. The van der Waals surface area contributed by atoms with Crippen LogP contribution in [0.15, 0.2) is 18.6 Å². The molecule has 12 heavy (non-hydrogen) atoms. The van der Waals surface area contributed by atoms with Crippen LogP contribution in [0.3, 0.4) is 0 Å². The molecule has 0 fully saturated rings. The summed E-state index contributed by atoms with van der Waals surface area (Å²) in [6.07, 6.45) is 3.04. The summed E-state index contributed by atoms with van der Waals surface area (Å²) < 4.78 is 0. The van der Waals surface area contributed by atoms with Crippen LogP contribution in [0.1, 0.15) is 11.3 Å². The summed E-state index contributed by atoms with van der Waals surface area (Å²) in [5, 5.41) is 0. The molecule has 0 bridgehead atoms. The van der Waals surface area contributed by atoms with Crippen molar-refractivity contribution in [2.45, 2.75) is 0 Å². The minimum Gasteiger partial charge on any atom is -0.249 e. The summed E-state index contributed by atoms with van der Waals surface area (Å²) in [4.78, 5) is 11.8. The van der Waals surface area contributed by atoms with Crippen LogP contribution in [-0.4, -0.2) is 15.0 Å². The largest absolute Gasteiger partial charge is 0.249 e. The van der Waals surface area contributed by atoms with Crippen molar-refractivity contribution in [2.75, 3.05) is 0 Å². The van der Waals surface area contributed by atoms with Crippen molar-refractivity contribution in [1.29, 1.82) is 0 Å². The van der Waals surface area contributed by atoms with Gasteiger partial charge in [0.05, 0.1) is 11.7 Å². The Morgan fingerprint density at radius 1 is 1.17 bits per heavy atom. The smallest absolute Gasteiger partial charge is 0.116 e. The number of aromatic nitrogens is 3. The fourth-order valence-corrected chi connectivity index (χ4v) is 0.945. The van der Waals surface area contributed by atoms with E-state index in [2.05, 4.69) is 15.0 Å². The van der Waals surface area contributed by atoms with Crippen LogP contribution in [0.4, 0.5) is 0 Å². The zero-order valence-electron chi connectivity index (χ0n) is 6.23. The monoisotopic (exact) mass is 155 g/mol. The molecule has 0 aromatic carbocycles. The lowest BCUT2D eigenvalue weighted by molar-refractivity contribution is 1.18. The Balaban J connectivity index is 2.84. The summed E-state index contributed by atoms with van der Waals surface area (Å²) in [6.45, 7) is 11.0. The fraction of sp³-hybridized carbons (Fsp3) is 0. The molecule has 3 nitrogen and oxygen atoms in total. The van der Waals surface area contributed by atoms with Crippen LogP contribution in [0.2, 0.25) is 0 Å². The van der Waals surface area contributed by atoms with Gasteiger partial charge in [-0.2, -0.15) is 0 Å². The van der Waals surface area contributed by atoms with Gasteiger partial charge in [0.25, 0.3) is 0 Å². The highest BCUT2D eigenvalue weighted by molar-refractivity contribution is 5.74. The summed E-state index contributed by atoms with van der Waals surface area (Å²) in [5.74, 6) is 0. The Labute approximate surface area is 70.5 Å². The average Bonchev–Trinajstić information content (AvgIpc) is 2.07. The third-order valence-electron chi connectivity index (χ3n) is 1.55. The first-order chi connectivity index (χ1) is 5.77. The second-order valence-electron chi connectivity index (χ2n) is 2.39. The van der Waals surface area contributed by atoms with Crippen molar-refractivity contribution < 1.29 is 0 Å². The Hall–Kier alpha value is -1.51. The zero-order chi connectivity index (χ0) is 8.55. The molecule has 4 radical (unpaired) electrons. The van der Waals surface area contributed by atoms with E-state index < -0.39 is 0 Å². The number of rotatable bonds is 0. The predicted octanol–water partition coefficient (Wildman–Crippen LogP) is 1.14. The fourth-order valence-electron chi connectivity index (χ4n) is 0.945. The molecule has 2 aromatic rings. The maximum atomic E-state index is 5.54. The molecular formula is C9H5N3. The first-order valence-corrected chi connectivity index (χ1v) is 3.39. The van der Waals surface area contributed by atoms with Gasteiger partial charge < -0.3 is 0 Å². The summed E-state index contributed by atoms with van der Waals surface area (Å²) in [7, 11) is 0. The highest BCUT2D eigenvalue weighted by Gasteiger charge is 1.99. The van der Waals surface area contributed by atoms with E-state index in [4.69, 9.17) is 13.8 Å². The standard InChI is InChI=1S/C9H5N3/c1-6-3-8-9(12-7(6)2)4-10-5-11-8/h1-5H. The second-order valence-corrected chi connectivity index (χ2v) is 2.39. The number of pyridine rings is 1. The quantitative estimate of drug-likeness (QED) is 0.572. The molecule has 0 saturated heterocycles. The molecule has 2 aromatic heterocycles. The highest BCUT2D eigenvalue weighted by atomic mass is 14.9. The molecule has 2 rings (SSSR count). The molecule has 0 unspecified atom stereocenters. The molecule has 56 valence electrons. The molecule has 0 aliphatic heterocycles. The van der Waals surface area contributed by atoms with Gasteiger partial charge in [0.1, 0.15) is 11.8 Å². The minimum atomic E-state index is 0.317. The van der Waals surface area contributed by atoms with E-state index in [9.17, 15) is 0 Å². The van der Waals surface area contributed by atoms with Crippen LogP contribution in [-0.2, 0) is 0 Å². The van der Waals surface area contributed by atoms with Gasteiger partial charge in [0.2, 0.25) is 0 Å². The van der Waals surface area contributed by atoms with Crippen molar-refractivity contribution in [3.63, 3.8) is 0 Å². The molecule has 0 aliphatic carbocycles. The van der Waals surface area contributed by atoms with Crippen LogP contribution < -0.4 is 0 Å². The van der Waals surface area contributed by atoms with Crippen molar-refractivity contribution in [3.8, 4) is 0 Å². The van der Waals surface area contributed by atoms with E-state index in [0.717, 1.165) is 0 Å². The number of hydrogen-bond donors (Lipinski definition) is 0. The third-order valence-corrected chi connectivity index (χ3v) is 1.55. The lowest BCUT2D eigenvalue weighted by Crippen LogP contribution is -1.90. The van der Waals surface area contributed by atoms with Crippen molar-refractivity contribution in [1.82, 2.24) is 15.0 Å². The molecule has 0 saturated carbocycles. The number of hydrogen-bond acceptors (Lipinski definition) is 3. The van der Waals surface area contributed by atoms with Gasteiger partial charge in [0.15, 0.2) is 0 Å². The van der Waals surface area contributed by atoms with Crippen molar-refractivity contribution in [3.05, 3.63) is 43.7 Å². The summed E-state index contributed by atoms with van der Waals surface area (Å²) >= 11 is 0. The Bertz CT molecular complexity index is 383. The molecular weight excluding hydrogens is 150 g/mol. The second kappa shape index (κ2) is 2.52. The van der Waals surface area contributed by atoms with E-state index in [-0.39, 0.29) is 0 Å². The molecule has 0 aliphatic rings. The van der Waals surface area contributed by atoms with E-state index in [1.54, 1.807) is 12.3 Å². The van der Waals surface area contributed by atoms with E-state index in [1.165, 1.54) is 6.33 Å². The lowest BCUT2D eigenvalue weighted by Gasteiger charge is -1.99. The van der Waals surface area contributed by atoms with Crippen LogP contribution in [0.25, 0.3) is 11.0 Å². The van der Waals surface area contributed by atoms with Gasteiger partial charge in [0, 0.05) is 19.5 Å². The van der Waals surface area contributed by atoms with E-state index in [1.807, 2.05) is 0 Å². The van der Waals surface area contributed by atoms with Crippen LogP contribution in [0.5, 0.6) is 0 Å². The number of fused-ring (bicyclic) bond motifs is 1. The topological polar surface area (TPSA) is 38.7 Å². The number of nitrogens with zero attached hydrogens (tertiary/aromatic N) is 3. The predicted molar refractivity (Wildman–Crippen MR) is 44.1 cm³/mol. The van der Waals surface area contributed by atoms with Gasteiger partial charge in [-0.1, -0.05) is 0 Å². The highest BCUT2D eigenvalue weighted by Crippen LogP contribution is 2.11. The maximum Gasteiger partial charge on any atom is 0.116 e. The lowest BCUT2D eigenvalue weighted by atomic mass is 10.2. The molecule has 2 heterocycles. The molecule has 3 heteroatoms. The van der Waals surface area contributed by atoms with Crippen LogP contribution in [0, 0.1) is 13.8 Å². The summed E-state index contributed by atoms with van der Waals surface area (Å²) in [6, 6.07) is 1.68. The minimum absolute atomic E-state index is 0.317. The summed E-state index contributed by atoms with van der Waals surface area (Å²) in [5.41, 5.74) is 2.12. The Morgan fingerprint density at radius 2 is 2.00 bits per heavy atom. The van der Waals surface area contributed by atoms with E-state index >= 15 is 0 Å². The first-order valence-electron chi connectivity index (χ1n) is 3.39. The Morgan fingerprint density at radius 3 is 2.83 bits per heavy atom. The third kappa shape index (κ3) is 1.03. The van der Waals surface area contributed by atoms with Gasteiger partial charge in [-0.05, 0) is 11.6 Å². The van der Waals surface area contributed by atoms with Crippen molar-refractivity contribution in [2.24, 2.45) is 0 Å². The van der Waals surface area contributed by atoms with E-state index in [0.29, 0.717) is 22.3 Å². The van der Waals surface area contributed by atoms with Gasteiger partial charge in [-0.3, -0.25) is 0 Å². The molecule has 0 amide bonds. The molecule has 0 atom stereocenters. The zero-order valence-corrected chi connectivity index (χ0v) is 6.23. The SMILES string of the molecule is [CH]c1cc2ncncc2nc1[CH]. The molecule has 0 spiro atoms. The normalized spacial score (nSPS) is 10.5. The maximum absolute atomic E-state index is 5.54. The van der Waals surface area contributed by atoms with Gasteiger partial charge in [-0.25, -0.2) is 15.0 Å². The van der Waals surface area contributed by atoms with Crippen LogP contribution >= 0.6 is 0 Å². The van der Waals surface area contributed by atoms with Crippen molar-refractivity contribution >= 4 is 11.0 Å². The van der Waals surface area contributed by atoms with Gasteiger partial charge in [-0.15, -0.1) is 0 Å². The Kier molecular flexibility index (Phi) is 1.50. The average molecular weight is 155 g/mol. The first kappa shape index (κ1) is 7.16. The van der Waals surface area contributed by atoms with Gasteiger partial charge >= 0.3 is 0 Å².